The number of nitrogens with one attached hydrogen (secondary N) is 1. The largest absolute Gasteiger partial charge is 0.407 e. The molecule has 1 saturated heterocycles. The van der Waals surface area contributed by atoms with E-state index in [4.69, 9.17) is 4.42 Å². The van der Waals surface area contributed by atoms with E-state index >= 15 is 0 Å². The molecule has 8 heteroatoms. The molecule has 148 valence electrons. The normalized spacial score (nSPS) is 16.3. The van der Waals surface area contributed by atoms with Crippen molar-refractivity contribution in [1.29, 1.82) is 0 Å². The van der Waals surface area contributed by atoms with E-state index < -0.39 is 0 Å². The first-order valence-corrected chi connectivity index (χ1v) is 10.4. The Morgan fingerprint density at radius 1 is 1.21 bits per heavy atom. The van der Waals surface area contributed by atoms with Crippen LogP contribution >= 0.6 is 11.8 Å². The Morgan fingerprint density at radius 2 is 2.00 bits per heavy atom. The zero-order valence-electron chi connectivity index (χ0n) is 16.1. The van der Waals surface area contributed by atoms with Crippen LogP contribution in [0.3, 0.4) is 0 Å². The van der Waals surface area contributed by atoms with Crippen molar-refractivity contribution >= 4 is 35.3 Å². The second-order valence-electron chi connectivity index (χ2n) is 6.87. The van der Waals surface area contributed by atoms with Crippen molar-refractivity contribution < 1.29 is 14.0 Å². The van der Waals surface area contributed by atoms with Gasteiger partial charge in [-0.15, -0.1) is 16.9 Å². The highest BCUT2D eigenvalue weighted by molar-refractivity contribution is 7.98. The summed E-state index contributed by atoms with van der Waals surface area (Å²) >= 11 is 1.65. The second-order valence-corrected chi connectivity index (χ2v) is 7.75. The first-order valence-electron chi connectivity index (χ1n) is 9.19. The van der Waals surface area contributed by atoms with E-state index in [1.54, 1.807) is 28.8 Å². The van der Waals surface area contributed by atoms with Crippen molar-refractivity contribution in [1.82, 2.24) is 10.2 Å². The van der Waals surface area contributed by atoms with Crippen LogP contribution in [0.2, 0.25) is 0 Å². The number of thioether (sulfide) groups is 1. The Labute approximate surface area is 172 Å². The number of hydrogen-bond acceptors (Lipinski definition) is 6. The third kappa shape index (κ3) is 4.17. The van der Waals surface area contributed by atoms with Crippen LogP contribution in [0, 0.1) is 6.92 Å². The van der Waals surface area contributed by atoms with Gasteiger partial charge in [-0.3, -0.25) is 14.9 Å². The monoisotopic (exact) mass is 408 g/mol. The molecule has 1 fully saturated rings. The Kier molecular flexibility index (Phi) is 5.35. The quantitative estimate of drug-likeness (QED) is 0.645. The fraction of sp³-hybridized carbons (Fsp3) is 0.238. The molecule has 29 heavy (non-hydrogen) atoms. The highest BCUT2D eigenvalue weighted by atomic mass is 32.2. The number of aryl methyl sites for hydroxylation is 1. The summed E-state index contributed by atoms with van der Waals surface area (Å²) in [6.45, 7) is 2.38. The summed E-state index contributed by atoms with van der Waals surface area (Å²) in [4.78, 5) is 27.7. The Hall–Kier alpha value is -3.13. The SMILES string of the molecule is CSc1ccc(N2CC(c3nnc(NC(=O)c4cccc(C)c4)o3)CC2=O)cc1. The summed E-state index contributed by atoms with van der Waals surface area (Å²) in [6, 6.07) is 15.1. The molecule has 1 atom stereocenters. The van der Waals surface area contributed by atoms with Gasteiger partial charge in [0.1, 0.15) is 0 Å². The molecule has 2 amide bonds. The molecular formula is C21H20N4O3S. The molecule has 1 N–H and O–H groups in total. The zero-order chi connectivity index (χ0) is 20.4. The van der Waals surface area contributed by atoms with Crippen molar-refractivity contribution in [2.75, 3.05) is 23.0 Å². The smallest absolute Gasteiger partial charge is 0.322 e. The van der Waals surface area contributed by atoms with E-state index in [0.29, 0.717) is 18.0 Å². The molecule has 0 aliphatic carbocycles. The number of benzene rings is 2. The molecule has 1 aliphatic heterocycles. The van der Waals surface area contributed by atoms with Gasteiger partial charge in [0.15, 0.2) is 0 Å². The van der Waals surface area contributed by atoms with Gasteiger partial charge >= 0.3 is 6.01 Å². The van der Waals surface area contributed by atoms with Gasteiger partial charge in [-0.25, -0.2) is 0 Å². The van der Waals surface area contributed by atoms with Gasteiger partial charge in [0, 0.05) is 29.1 Å². The first kappa shape index (κ1) is 19.2. The second kappa shape index (κ2) is 8.08. The number of nitrogens with zero attached hydrogens (tertiary/aromatic N) is 3. The van der Waals surface area contributed by atoms with Gasteiger partial charge < -0.3 is 9.32 Å². The average molecular weight is 408 g/mol. The topological polar surface area (TPSA) is 88.3 Å². The molecule has 7 nitrogen and oxygen atoms in total. The van der Waals surface area contributed by atoms with Gasteiger partial charge in [-0.1, -0.05) is 22.8 Å². The fourth-order valence-corrected chi connectivity index (χ4v) is 3.70. The lowest BCUT2D eigenvalue weighted by Crippen LogP contribution is -2.24. The first-order chi connectivity index (χ1) is 14.0. The Morgan fingerprint density at radius 3 is 2.72 bits per heavy atom. The van der Waals surface area contributed by atoms with Crippen molar-refractivity contribution in [2.24, 2.45) is 0 Å². The van der Waals surface area contributed by atoms with Gasteiger partial charge in [0.05, 0.1) is 5.92 Å². The minimum Gasteiger partial charge on any atom is -0.407 e. The van der Waals surface area contributed by atoms with E-state index in [2.05, 4.69) is 15.5 Å². The van der Waals surface area contributed by atoms with Crippen molar-refractivity contribution in [3.05, 3.63) is 65.5 Å². The molecule has 3 aromatic rings. The number of amides is 2. The van der Waals surface area contributed by atoms with Gasteiger partial charge in [0.25, 0.3) is 5.91 Å². The number of carbonyl (C=O) groups is 2. The Bertz CT molecular complexity index is 1050. The molecule has 1 aliphatic rings. The minimum atomic E-state index is -0.318. The molecule has 2 aromatic carbocycles. The molecule has 0 radical (unpaired) electrons. The summed E-state index contributed by atoms with van der Waals surface area (Å²) in [5.41, 5.74) is 2.35. The number of hydrogen-bond donors (Lipinski definition) is 1. The van der Waals surface area contributed by atoms with Gasteiger partial charge in [-0.05, 0) is 49.6 Å². The van der Waals surface area contributed by atoms with E-state index in [0.717, 1.165) is 16.1 Å². The lowest BCUT2D eigenvalue weighted by Gasteiger charge is -2.16. The van der Waals surface area contributed by atoms with Crippen LogP contribution in [0.25, 0.3) is 0 Å². The van der Waals surface area contributed by atoms with Crippen LogP contribution in [0.4, 0.5) is 11.7 Å². The summed E-state index contributed by atoms with van der Waals surface area (Å²) < 4.78 is 5.62. The lowest BCUT2D eigenvalue weighted by atomic mass is 10.1. The van der Waals surface area contributed by atoms with Crippen LogP contribution in [0.1, 0.15) is 34.2 Å². The zero-order valence-corrected chi connectivity index (χ0v) is 16.9. The van der Waals surface area contributed by atoms with Crippen molar-refractivity contribution in [3.8, 4) is 0 Å². The van der Waals surface area contributed by atoms with E-state index in [9.17, 15) is 9.59 Å². The van der Waals surface area contributed by atoms with Crippen LogP contribution in [-0.4, -0.2) is 34.8 Å². The third-order valence-corrected chi connectivity index (χ3v) is 5.54. The van der Waals surface area contributed by atoms with Crippen LogP contribution in [-0.2, 0) is 4.79 Å². The maximum Gasteiger partial charge on any atom is 0.322 e. The van der Waals surface area contributed by atoms with Gasteiger partial charge in [0.2, 0.25) is 11.8 Å². The molecule has 4 rings (SSSR count). The molecule has 0 bridgehead atoms. The highest BCUT2D eigenvalue weighted by Gasteiger charge is 2.35. The van der Waals surface area contributed by atoms with E-state index in [-0.39, 0.29) is 30.2 Å². The maximum absolute atomic E-state index is 12.5. The maximum atomic E-state index is 12.5. The van der Waals surface area contributed by atoms with Crippen molar-refractivity contribution in [3.63, 3.8) is 0 Å². The minimum absolute atomic E-state index is 0.00967. The predicted molar refractivity (Wildman–Crippen MR) is 111 cm³/mol. The van der Waals surface area contributed by atoms with Crippen molar-refractivity contribution in [2.45, 2.75) is 24.2 Å². The summed E-state index contributed by atoms with van der Waals surface area (Å²) in [6.07, 6.45) is 2.30. The molecule has 0 saturated carbocycles. The number of anilines is 2. The lowest BCUT2D eigenvalue weighted by molar-refractivity contribution is -0.117. The molecular weight excluding hydrogens is 388 g/mol. The van der Waals surface area contributed by atoms with Crippen LogP contribution in [0.15, 0.2) is 57.8 Å². The van der Waals surface area contributed by atoms with Crippen LogP contribution < -0.4 is 10.2 Å². The molecule has 0 spiro atoms. The predicted octanol–water partition coefficient (Wildman–Crippen LogP) is 3.87. The molecule has 1 aromatic heterocycles. The summed E-state index contributed by atoms with van der Waals surface area (Å²) in [5.74, 6) is -0.168. The molecule has 2 heterocycles. The highest BCUT2D eigenvalue weighted by Crippen LogP contribution is 2.32. The average Bonchev–Trinajstić information content (AvgIpc) is 3.34. The Balaban J connectivity index is 1.44. The third-order valence-electron chi connectivity index (χ3n) is 4.80. The number of aromatic nitrogens is 2. The molecule has 1 unspecified atom stereocenters. The fourth-order valence-electron chi connectivity index (χ4n) is 3.29. The number of rotatable bonds is 5. The summed E-state index contributed by atoms with van der Waals surface area (Å²) in [7, 11) is 0. The van der Waals surface area contributed by atoms with E-state index in [1.165, 1.54) is 0 Å². The van der Waals surface area contributed by atoms with E-state index in [1.807, 2.05) is 49.6 Å². The number of carbonyl (C=O) groups excluding carboxylic acids is 2. The standard InChI is InChI=1S/C21H20N4O3S/c1-13-4-3-5-14(10-13)19(27)22-21-24-23-20(28-21)15-11-18(26)25(12-15)16-6-8-17(29-2)9-7-16/h3-10,15H,11-12H2,1-2H3,(H,22,24,27). The van der Waals surface area contributed by atoms with Crippen LogP contribution in [0.5, 0.6) is 0 Å². The van der Waals surface area contributed by atoms with Gasteiger partial charge in [-0.2, -0.15) is 0 Å². The summed E-state index contributed by atoms with van der Waals surface area (Å²) in [5, 5.41) is 10.6.